The number of ether oxygens (including phenoxy) is 1. The Bertz CT molecular complexity index is 494. The topological polar surface area (TPSA) is 26.3 Å². The van der Waals surface area contributed by atoms with E-state index in [4.69, 9.17) is 4.74 Å². The van der Waals surface area contributed by atoms with Crippen LogP contribution in [-0.2, 0) is 9.53 Å². The van der Waals surface area contributed by atoms with Crippen LogP contribution in [0.1, 0.15) is 34.1 Å². The Balaban J connectivity index is 1.97. The fourth-order valence-corrected chi connectivity index (χ4v) is 3.69. The van der Waals surface area contributed by atoms with Gasteiger partial charge in [-0.25, -0.2) is 4.39 Å². The summed E-state index contributed by atoms with van der Waals surface area (Å²) in [5.41, 5.74) is -0.658. The summed E-state index contributed by atoms with van der Waals surface area (Å²) in [4.78, 5) is 13.3. The summed E-state index contributed by atoms with van der Waals surface area (Å²) in [6, 6.07) is 6.23. The second-order valence-corrected chi connectivity index (χ2v) is 7.48. The standard InChI is InChI=1S/C16H21FO2S/c1-15(2)9-13(16(3,4)19-15)14(18)10-20-12-7-5-11(17)6-8-12/h5-8,13H,9-10H2,1-4H3. The maximum absolute atomic E-state index is 12.8. The molecule has 4 heteroatoms. The number of carbonyl (C=O) groups is 1. The Morgan fingerprint density at radius 2 is 1.90 bits per heavy atom. The summed E-state index contributed by atoms with van der Waals surface area (Å²) >= 11 is 1.45. The zero-order chi connectivity index (χ0) is 15.0. The van der Waals surface area contributed by atoms with E-state index in [2.05, 4.69) is 0 Å². The number of thioether (sulfide) groups is 1. The molecule has 0 amide bonds. The molecule has 0 spiro atoms. The van der Waals surface area contributed by atoms with E-state index in [-0.39, 0.29) is 23.1 Å². The number of ketones is 1. The maximum Gasteiger partial charge on any atom is 0.149 e. The predicted molar refractivity (Wildman–Crippen MR) is 79.5 cm³/mol. The van der Waals surface area contributed by atoms with Gasteiger partial charge in [-0.3, -0.25) is 4.79 Å². The first-order valence-electron chi connectivity index (χ1n) is 6.81. The molecule has 0 N–H and O–H groups in total. The van der Waals surface area contributed by atoms with E-state index in [0.29, 0.717) is 5.75 Å². The van der Waals surface area contributed by atoms with Gasteiger partial charge < -0.3 is 4.74 Å². The fourth-order valence-electron chi connectivity index (χ4n) is 2.85. The molecule has 1 saturated heterocycles. The molecule has 0 aliphatic carbocycles. The normalized spacial score (nSPS) is 23.8. The van der Waals surface area contributed by atoms with E-state index in [1.165, 1.54) is 23.9 Å². The lowest BCUT2D eigenvalue weighted by Crippen LogP contribution is -2.34. The van der Waals surface area contributed by atoms with Gasteiger partial charge >= 0.3 is 0 Å². The summed E-state index contributed by atoms with van der Waals surface area (Å²) in [6.07, 6.45) is 0.753. The van der Waals surface area contributed by atoms with Crippen molar-refractivity contribution in [3.8, 4) is 0 Å². The Morgan fingerprint density at radius 1 is 1.30 bits per heavy atom. The predicted octanol–water partition coefficient (Wildman–Crippen LogP) is 4.08. The highest BCUT2D eigenvalue weighted by Gasteiger charge is 2.48. The van der Waals surface area contributed by atoms with Crippen LogP contribution in [0.4, 0.5) is 4.39 Å². The zero-order valence-electron chi connectivity index (χ0n) is 12.4. The number of hydrogen-bond acceptors (Lipinski definition) is 3. The molecule has 1 aromatic rings. The molecule has 0 radical (unpaired) electrons. The number of halogens is 1. The van der Waals surface area contributed by atoms with Gasteiger partial charge in [0.2, 0.25) is 0 Å². The number of rotatable bonds is 4. The van der Waals surface area contributed by atoms with Crippen molar-refractivity contribution in [3.63, 3.8) is 0 Å². The van der Waals surface area contributed by atoms with Crippen molar-refractivity contribution >= 4 is 17.5 Å². The largest absolute Gasteiger partial charge is 0.369 e. The summed E-state index contributed by atoms with van der Waals surface area (Å²) < 4.78 is 18.8. The van der Waals surface area contributed by atoms with Gasteiger partial charge in [-0.2, -0.15) is 0 Å². The first-order chi connectivity index (χ1) is 9.20. The molecule has 20 heavy (non-hydrogen) atoms. The van der Waals surface area contributed by atoms with Gasteiger partial charge in [0.15, 0.2) is 0 Å². The van der Waals surface area contributed by atoms with Crippen LogP contribution in [0.5, 0.6) is 0 Å². The van der Waals surface area contributed by atoms with Gasteiger partial charge in [0.25, 0.3) is 0 Å². The minimum atomic E-state index is -0.413. The highest BCUT2D eigenvalue weighted by Crippen LogP contribution is 2.42. The second kappa shape index (κ2) is 5.49. The molecule has 1 aromatic carbocycles. The van der Waals surface area contributed by atoms with E-state index < -0.39 is 5.60 Å². The molecule has 0 saturated carbocycles. The molecular formula is C16H21FO2S. The molecule has 0 bridgehead atoms. The summed E-state index contributed by atoms with van der Waals surface area (Å²) in [5.74, 6) is 0.271. The van der Waals surface area contributed by atoms with Crippen LogP contribution in [0.3, 0.4) is 0 Å². The van der Waals surface area contributed by atoms with Crippen LogP contribution >= 0.6 is 11.8 Å². The first kappa shape index (κ1) is 15.5. The van der Waals surface area contributed by atoms with Crippen molar-refractivity contribution in [1.82, 2.24) is 0 Å². The number of Topliss-reactive ketones (excluding diaryl/α,β-unsaturated/α-hetero) is 1. The Labute approximate surface area is 124 Å². The fraction of sp³-hybridized carbons (Fsp3) is 0.562. The van der Waals surface area contributed by atoms with Gasteiger partial charge in [0, 0.05) is 10.8 Å². The van der Waals surface area contributed by atoms with E-state index in [0.717, 1.165) is 11.3 Å². The van der Waals surface area contributed by atoms with Gasteiger partial charge in [-0.05, 0) is 58.4 Å². The lowest BCUT2D eigenvalue weighted by molar-refractivity contribution is -0.126. The Hall–Kier alpha value is -0.870. The molecule has 1 heterocycles. The monoisotopic (exact) mass is 296 g/mol. The van der Waals surface area contributed by atoms with Gasteiger partial charge in [0.1, 0.15) is 11.6 Å². The molecule has 2 rings (SSSR count). The van der Waals surface area contributed by atoms with Crippen LogP contribution in [0.15, 0.2) is 29.2 Å². The van der Waals surface area contributed by atoms with Crippen LogP contribution in [0.2, 0.25) is 0 Å². The van der Waals surface area contributed by atoms with E-state index >= 15 is 0 Å². The average molecular weight is 296 g/mol. The molecule has 1 atom stereocenters. The maximum atomic E-state index is 12.8. The number of carbonyl (C=O) groups excluding carboxylic acids is 1. The molecule has 1 fully saturated rings. The third-order valence-corrected chi connectivity index (χ3v) is 4.69. The van der Waals surface area contributed by atoms with E-state index in [1.807, 2.05) is 27.7 Å². The summed E-state index contributed by atoms with van der Waals surface area (Å²) in [6.45, 7) is 8.00. The molecule has 1 unspecified atom stereocenters. The Morgan fingerprint density at radius 3 is 2.40 bits per heavy atom. The quantitative estimate of drug-likeness (QED) is 0.783. The smallest absolute Gasteiger partial charge is 0.149 e. The van der Waals surface area contributed by atoms with Crippen LogP contribution in [0.25, 0.3) is 0 Å². The summed E-state index contributed by atoms with van der Waals surface area (Å²) in [5, 5.41) is 0. The molecule has 0 aromatic heterocycles. The van der Waals surface area contributed by atoms with Crippen molar-refractivity contribution in [2.24, 2.45) is 5.92 Å². The van der Waals surface area contributed by atoms with Crippen molar-refractivity contribution < 1.29 is 13.9 Å². The molecule has 2 nitrogen and oxygen atoms in total. The van der Waals surface area contributed by atoms with Crippen molar-refractivity contribution in [2.45, 2.75) is 50.2 Å². The SMILES string of the molecule is CC1(C)CC(C(=O)CSc2ccc(F)cc2)C(C)(C)O1. The molecule has 110 valence electrons. The van der Waals surface area contributed by atoms with Crippen molar-refractivity contribution in [1.29, 1.82) is 0 Å². The molecular weight excluding hydrogens is 275 g/mol. The number of hydrogen-bond donors (Lipinski definition) is 0. The zero-order valence-corrected chi connectivity index (χ0v) is 13.2. The summed E-state index contributed by atoms with van der Waals surface area (Å²) in [7, 11) is 0. The Kier molecular flexibility index (Phi) is 4.26. The molecule has 1 aliphatic heterocycles. The number of benzene rings is 1. The highest BCUT2D eigenvalue weighted by molar-refractivity contribution is 8.00. The van der Waals surface area contributed by atoms with E-state index in [9.17, 15) is 9.18 Å². The first-order valence-corrected chi connectivity index (χ1v) is 7.79. The molecule has 1 aliphatic rings. The third-order valence-electron chi connectivity index (χ3n) is 3.66. The highest BCUT2D eigenvalue weighted by atomic mass is 32.2. The lowest BCUT2D eigenvalue weighted by Gasteiger charge is -2.26. The van der Waals surface area contributed by atoms with E-state index in [1.54, 1.807) is 12.1 Å². The van der Waals surface area contributed by atoms with Crippen LogP contribution < -0.4 is 0 Å². The minimum Gasteiger partial charge on any atom is -0.369 e. The van der Waals surface area contributed by atoms with Crippen LogP contribution in [0, 0.1) is 11.7 Å². The van der Waals surface area contributed by atoms with Crippen molar-refractivity contribution in [3.05, 3.63) is 30.1 Å². The third kappa shape index (κ3) is 3.61. The average Bonchev–Trinajstić information content (AvgIpc) is 2.56. The van der Waals surface area contributed by atoms with Crippen LogP contribution in [-0.4, -0.2) is 22.7 Å². The minimum absolute atomic E-state index is 0.0783. The lowest BCUT2D eigenvalue weighted by atomic mass is 9.84. The van der Waals surface area contributed by atoms with Gasteiger partial charge in [0.05, 0.1) is 17.0 Å². The second-order valence-electron chi connectivity index (χ2n) is 6.43. The van der Waals surface area contributed by atoms with Gasteiger partial charge in [-0.1, -0.05) is 0 Å². The van der Waals surface area contributed by atoms with Gasteiger partial charge in [-0.15, -0.1) is 11.8 Å². The van der Waals surface area contributed by atoms with Crippen molar-refractivity contribution in [2.75, 3.05) is 5.75 Å².